The first-order chi connectivity index (χ1) is 35.0. The van der Waals surface area contributed by atoms with Crippen LogP contribution in [0.1, 0.15) is 105 Å². The van der Waals surface area contributed by atoms with Crippen LogP contribution in [0.15, 0.2) is 60.7 Å². The third-order valence-corrected chi connectivity index (χ3v) is 11.6. The average molecular weight is 1050 g/mol. The van der Waals surface area contributed by atoms with Gasteiger partial charge in [0.15, 0.2) is 0 Å². The van der Waals surface area contributed by atoms with Gasteiger partial charge in [-0.15, -0.1) is 0 Å². The second-order valence-corrected chi connectivity index (χ2v) is 19.0. The average Bonchev–Trinajstić information content (AvgIpc) is 3.35. The number of carboxylic acid groups (broad SMARTS) is 1. The number of nitrogens with two attached hydrogens (primary N) is 2. The van der Waals surface area contributed by atoms with Crippen LogP contribution in [-0.4, -0.2) is 137 Å². The van der Waals surface area contributed by atoms with Gasteiger partial charge < -0.3 is 69.7 Å². The molecule has 0 saturated heterocycles. The number of nitrogens with one attached hydrogen (secondary N) is 8. The third kappa shape index (κ3) is 26.7. The van der Waals surface area contributed by atoms with Crippen molar-refractivity contribution in [2.45, 2.75) is 155 Å². The highest BCUT2D eigenvalue weighted by molar-refractivity contribution is 5.97. The van der Waals surface area contributed by atoms with Gasteiger partial charge in [-0.2, -0.15) is 5.26 Å². The van der Waals surface area contributed by atoms with Crippen molar-refractivity contribution in [1.82, 2.24) is 42.5 Å². The Balaban J connectivity index is 0.0000133. The Labute approximate surface area is 440 Å². The van der Waals surface area contributed by atoms with Crippen LogP contribution in [0.4, 0.5) is 0 Å². The van der Waals surface area contributed by atoms with E-state index in [0.717, 1.165) is 0 Å². The van der Waals surface area contributed by atoms with Crippen LogP contribution in [-0.2, 0) is 56.0 Å². The summed E-state index contributed by atoms with van der Waals surface area (Å²) in [6, 6.07) is 9.58. The van der Waals surface area contributed by atoms with Gasteiger partial charge in [-0.1, -0.05) is 115 Å². The zero-order valence-electron chi connectivity index (χ0n) is 44.6. The van der Waals surface area contributed by atoms with Crippen LogP contribution in [0.5, 0.6) is 0 Å². The molecule has 2 rings (SSSR count). The number of hydrogen-bond donors (Lipinski definition) is 12. The fourth-order valence-corrected chi connectivity index (χ4v) is 7.33. The molecule has 418 valence electrons. The second kappa shape index (κ2) is 36.8. The van der Waals surface area contributed by atoms with E-state index in [1.165, 1.54) is 13.8 Å². The number of amides is 8. The number of carboxylic acids is 1. The fourth-order valence-electron chi connectivity index (χ4n) is 7.33. The number of nitriles is 1. The summed E-state index contributed by atoms with van der Waals surface area (Å²) in [5.74, 6) is -7.89. The van der Waals surface area contributed by atoms with E-state index in [4.69, 9.17) is 16.7 Å². The molecule has 0 fully saturated rings. The van der Waals surface area contributed by atoms with Crippen molar-refractivity contribution in [2.24, 2.45) is 29.2 Å². The van der Waals surface area contributed by atoms with E-state index in [1.807, 2.05) is 20.8 Å². The molecule has 0 aliphatic rings. The molecule has 2 aromatic carbocycles. The number of benzene rings is 2. The van der Waals surface area contributed by atoms with E-state index < -0.39 is 115 Å². The predicted molar refractivity (Wildman–Crippen MR) is 281 cm³/mol. The molecule has 0 saturated carbocycles. The molecule has 0 spiro atoms. The van der Waals surface area contributed by atoms with Gasteiger partial charge in [0.2, 0.25) is 47.3 Å². The molecule has 0 radical (unpaired) electrons. The minimum atomic E-state index is -1.59. The molecule has 2 aromatic rings. The molecule has 75 heavy (non-hydrogen) atoms. The molecule has 0 aliphatic carbocycles. The first-order valence-electron chi connectivity index (χ1n) is 25.1. The Hall–Kier alpha value is -7.00. The van der Waals surface area contributed by atoms with Gasteiger partial charge in [0, 0.05) is 19.8 Å². The molecule has 23 nitrogen and oxygen atoms in total. The SMILES string of the molecule is CC#N.CC[C@H](C)[C@H](NC(=O)[C@@H](N)CCCCN)C(=O)N[C@@H](Cc1ccccc1)C(=O)NCC(=O)N[C@@H](CO)C(=O)N[C@@H](CC(C)C)C(=O)N[C@@H](C)C(=O)N[C@@H](Cc1ccccc1)C(=O)N[C@@H](CC(C)C)C(=O)O.O. The topological polar surface area (TPSA) is 398 Å². The van der Waals surface area contributed by atoms with Gasteiger partial charge in [0.1, 0.15) is 42.3 Å². The summed E-state index contributed by atoms with van der Waals surface area (Å²) in [5.41, 5.74) is 13.0. The van der Waals surface area contributed by atoms with E-state index in [9.17, 15) is 53.4 Å². The van der Waals surface area contributed by atoms with Gasteiger partial charge in [0.25, 0.3) is 0 Å². The maximum Gasteiger partial charge on any atom is 0.326 e. The van der Waals surface area contributed by atoms with Crippen LogP contribution in [0.3, 0.4) is 0 Å². The summed E-state index contributed by atoms with van der Waals surface area (Å²) in [6.07, 6.45) is 2.41. The third-order valence-electron chi connectivity index (χ3n) is 11.6. The Morgan fingerprint density at radius 1 is 0.600 bits per heavy atom. The van der Waals surface area contributed by atoms with Crippen LogP contribution in [0.25, 0.3) is 0 Å². The van der Waals surface area contributed by atoms with Crippen molar-refractivity contribution in [3.05, 3.63) is 71.8 Å². The summed E-state index contributed by atoms with van der Waals surface area (Å²) < 4.78 is 0. The smallest absolute Gasteiger partial charge is 0.326 e. The first kappa shape index (κ1) is 68.0. The van der Waals surface area contributed by atoms with Crippen molar-refractivity contribution in [1.29, 1.82) is 5.26 Å². The highest BCUT2D eigenvalue weighted by atomic mass is 16.4. The number of carbonyl (C=O) groups excluding carboxylic acids is 8. The monoisotopic (exact) mass is 1050 g/mol. The summed E-state index contributed by atoms with van der Waals surface area (Å²) in [4.78, 5) is 120. The standard InChI is InChI=1S/C50H78N10O11.C2H3N.H2O/c1-8-31(6)42(60-44(64)35(52)21-15-16-22-51)49(69)58-37(25-33-17-11-9-12-18-33)45(65)53-27-41(62)55-40(28-61)48(68)57-36(23-29(2)3)46(66)54-32(7)43(63)56-38(26-34-19-13-10-14-20-34)47(67)59-39(50(70)71)24-30(4)5;1-2-3;/h9-14,17-20,29-32,35-40,42,61H,8,15-16,21-28,51-52H2,1-7H3,(H,53,65)(H,54,66)(H,55,62)(H,56,63)(H,57,68)(H,58,69)(H,59,67)(H,60,64)(H,70,71);1H3;1H2/t31-,32-,35-,36-,37-,38-,39-,40-,42-;;/m0../s1. The molecule has 9 atom stereocenters. The van der Waals surface area contributed by atoms with Gasteiger partial charge in [-0.25, -0.2) is 4.79 Å². The van der Waals surface area contributed by atoms with Crippen molar-refractivity contribution in [3.8, 4) is 6.07 Å². The minimum absolute atomic E-state index is 0. The molecule has 0 aromatic heterocycles. The summed E-state index contributed by atoms with van der Waals surface area (Å²) >= 11 is 0. The number of aliphatic carboxylic acids is 1. The van der Waals surface area contributed by atoms with Crippen LogP contribution < -0.4 is 54.0 Å². The zero-order valence-corrected chi connectivity index (χ0v) is 44.6. The van der Waals surface area contributed by atoms with Crippen molar-refractivity contribution < 1.29 is 58.8 Å². The molecular weight excluding hydrogens is 971 g/mol. The maximum absolute atomic E-state index is 13.8. The lowest BCUT2D eigenvalue weighted by Crippen LogP contribution is -2.59. The molecule has 8 amide bonds. The number of aliphatic hydroxyl groups excluding tert-OH is 1. The van der Waals surface area contributed by atoms with Crippen molar-refractivity contribution >= 4 is 53.2 Å². The van der Waals surface area contributed by atoms with Crippen molar-refractivity contribution in [3.63, 3.8) is 0 Å². The zero-order chi connectivity index (χ0) is 55.9. The van der Waals surface area contributed by atoms with E-state index in [2.05, 4.69) is 42.5 Å². The van der Waals surface area contributed by atoms with Crippen molar-refractivity contribution in [2.75, 3.05) is 19.7 Å². The Bertz CT molecular complexity index is 2140. The highest BCUT2D eigenvalue weighted by Gasteiger charge is 2.34. The Morgan fingerprint density at radius 3 is 1.53 bits per heavy atom. The summed E-state index contributed by atoms with van der Waals surface area (Å²) in [5, 5.41) is 47.7. The Kier molecular flexibility index (Phi) is 33.4. The summed E-state index contributed by atoms with van der Waals surface area (Å²) in [6.45, 7) is 12.4. The number of nitrogens with zero attached hydrogens (tertiary/aromatic N) is 1. The summed E-state index contributed by atoms with van der Waals surface area (Å²) in [7, 11) is 0. The van der Waals surface area contributed by atoms with E-state index in [1.54, 1.807) is 87.5 Å². The predicted octanol–water partition coefficient (Wildman–Crippen LogP) is -0.622. The quantitative estimate of drug-likeness (QED) is 0.0407. The number of rotatable bonds is 32. The van der Waals surface area contributed by atoms with Gasteiger partial charge in [0.05, 0.1) is 25.3 Å². The molecule has 0 heterocycles. The maximum atomic E-state index is 13.8. The van der Waals surface area contributed by atoms with Crippen LogP contribution in [0, 0.1) is 29.1 Å². The minimum Gasteiger partial charge on any atom is -0.480 e. The number of carbonyl (C=O) groups is 9. The normalized spacial score (nSPS) is 14.3. The highest BCUT2D eigenvalue weighted by Crippen LogP contribution is 2.13. The molecule has 16 N–H and O–H groups in total. The number of aliphatic hydroxyl groups is 1. The van der Waals surface area contributed by atoms with Crippen LogP contribution >= 0.6 is 0 Å². The number of hydrogen-bond acceptors (Lipinski definition) is 13. The molecule has 23 heteroatoms. The molecular formula is C52H83N11O12. The lowest BCUT2D eigenvalue weighted by atomic mass is 9.96. The Morgan fingerprint density at radius 2 is 1.05 bits per heavy atom. The van der Waals surface area contributed by atoms with Gasteiger partial charge >= 0.3 is 5.97 Å². The van der Waals surface area contributed by atoms with Gasteiger partial charge in [-0.05, 0) is 68.0 Å². The molecule has 0 aliphatic heterocycles. The molecule has 0 bridgehead atoms. The lowest BCUT2D eigenvalue weighted by Gasteiger charge is -2.27. The lowest BCUT2D eigenvalue weighted by molar-refractivity contribution is -0.142. The molecule has 0 unspecified atom stereocenters. The van der Waals surface area contributed by atoms with E-state index >= 15 is 0 Å². The largest absolute Gasteiger partial charge is 0.480 e. The van der Waals surface area contributed by atoms with Gasteiger partial charge in [-0.3, -0.25) is 38.4 Å². The van der Waals surface area contributed by atoms with Crippen LogP contribution in [0.2, 0.25) is 0 Å². The first-order valence-corrected chi connectivity index (χ1v) is 25.1. The fraction of sp³-hybridized carbons (Fsp3) is 0.577. The van der Waals surface area contributed by atoms with E-state index in [0.29, 0.717) is 43.4 Å². The second-order valence-electron chi connectivity index (χ2n) is 19.0. The number of unbranched alkanes of at least 4 members (excludes halogenated alkanes) is 1. The van der Waals surface area contributed by atoms with E-state index in [-0.39, 0.29) is 48.9 Å².